The van der Waals surface area contributed by atoms with E-state index in [9.17, 15) is 0 Å². The molecule has 2 unspecified atom stereocenters. The number of para-hydroxylation sites is 1. The molecule has 1 saturated heterocycles. The highest BCUT2D eigenvalue weighted by Gasteiger charge is 2.46. The second-order valence-corrected chi connectivity index (χ2v) is 5.15. The van der Waals surface area contributed by atoms with Gasteiger partial charge in [-0.3, -0.25) is 0 Å². The molecule has 0 aliphatic carbocycles. The van der Waals surface area contributed by atoms with Gasteiger partial charge >= 0.3 is 0 Å². The van der Waals surface area contributed by atoms with E-state index in [4.69, 9.17) is 17.0 Å². The Hall–Kier alpha value is -1.29. The second kappa shape index (κ2) is 3.60. The summed E-state index contributed by atoms with van der Waals surface area (Å²) in [7, 11) is 0. The van der Waals surface area contributed by atoms with E-state index < -0.39 is 0 Å². The quantitative estimate of drug-likeness (QED) is 0.772. The largest absolute Gasteiger partial charge is 0.468 e. The van der Waals surface area contributed by atoms with Crippen molar-refractivity contribution in [1.82, 2.24) is 10.2 Å². The number of thiocarbonyl (C=S) groups is 1. The first-order valence-corrected chi connectivity index (χ1v) is 6.41. The van der Waals surface area contributed by atoms with Gasteiger partial charge in [-0.2, -0.15) is 0 Å². The molecule has 90 valence electrons. The van der Waals surface area contributed by atoms with Crippen molar-refractivity contribution < 1.29 is 4.74 Å². The minimum atomic E-state index is -0.309. The summed E-state index contributed by atoms with van der Waals surface area (Å²) in [5, 5.41) is 4.20. The molecule has 0 spiro atoms. The third-order valence-electron chi connectivity index (χ3n) is 3.64. The van der Waals surface area contributed by atoms with Crippen LogP contribution in [0.1, 0.15) is 31.9 Å². The minimum Gasteiger partial charge on any atom is -0.468 e. The molecular weight excluding hydrogens is 232 g/mol. The first kappa shape index (κ1) is 10.8. The Kier molecular flexibility index (Phi) is 2.30. The van der Waals surface area contributed by atoms with Crippen molar-refractivity contribution >= 4 is 17.3 Å². The Labute approximate surface area is 107 Å². The maximum atomic E-state index is 6.16. The molecule has 2 atom stereocenters. The lowest BCUT2D eigenvalue weighted by molar-refractivity contribution is -0.0658. The third-order valence-corrected chi connectivity index (χ3v) is 3.98. The summed E-state index contributed by atoms with van der Waals surface area (Å²) < 4.78 is 6.16. The van der Waals surface area contributed by atoms with Gasteiger partial charge in [-0.25, -0.2) is 0 Å². The molecule has 17 heavy (non-hydrogen) atoms. The van der Waals surface area contributed by atoms with Crippen molar-refractivity contribution in [2.75, 3.05) is 6.54 Å². The van der Waals surface area contributed by atoms with Crippen LogP contribution in [0, 0.1) is 0 Å². The fourth-order valence-corrected chi connectivity index (χ4v) is 3.31. The maximum Gasteiger partial charge on any atom is 0.184 e. The van der Waals surface area contributed by atoms with Gasteiger partial charge in [0.1, 0.15) is 5.75 Å². The summed E-state index contributed by atoms with van der Waals surface area (Å²) in [6.07, 6.45) is 0.929. The molecular formula is C13H16N2OS. The summed E-state index contributed by atoms with van der Waals surface area (Å²) in [5.41, 5.74) is 0.902. The van der Waals surface area contributed by atoms with Gasteiger partial charge in [0.15, 0.2) is 10.8 Å². The van der Waals surface area contributed by atoms with Crippen LogP contribution in [0.15, 0.2) is 24.3 Å². The van der Waals surface area contributed by atoms with Crippen LogP contribution in [-0.2, 0) is 0 Å². The van der Waals surface area contributed by atoms with E-state index in [1.165, 1.54) is 5.56 Å². The SMILES string of the molecule is CCN1C(=S)NC2CC1(C)Oc1ccccc12. The third kappa shape index (κ3) is 1.51. The molecule has 2 heterocycles. The van der Waals surface area contributed by atoms with Crippen LogP contribution in [0.5, 0.6) is 5.75 Å². The fraction of sp³-hybridized carbons (Fsp3) is 0.462. The van der Waals surface area contributed by atoms with E-state index >= 15 is 0 Å². The number of rotatable bonds is 1. The fourth-order valence-electron chi connectivity index (χ4n) is 2.84. The number of nitrogens with zero attached hydrogens (tertiary/aromatic N) is 1. The van der Waals surface area contributed by atoms with Crippen LogP contribution in [-0.4, -0.2) is 22.3 Å². The van der Waals surface area contributed by atoms with Gasteiger partial charge in [0.2, 0.25) is 0 Å². The first-order chi connectivity index (χ1) is 8.14. The topological polar surface area (TPSA) is 24.5 Å². The molecule has 2 bridgehead atoms. The predicted molar refractivity (Wildman–Crippen MR) is 70.9 cm³/mol. The summed E-state index contributed by atoms with van der Waals surface area (Å²) in [6.45, 7) is 5.08. The summed E-state index contributed by atoms with van der Waals surface area (Å²) in [5.74, 6) is 0.972. The number of ether oxygens (including phenoxy) is 1. The van der Waals surface area contributed by atoms with Gasteiger partial charge in [0, 0.05) is 18.5 Å². The average Bonchev–Trinajstić information content (AvgIpc) is 2.28. The molecule has 0 saturated carbocycles. The highest BCUT2D eigenvalue weighted by Crippen LogP contribution is 2.43. The second-order valence-electron chi connectivity index (χ2n) is 4.77. The Balaban J connectivity index is 2.08. The standard InChI is InChI=1S/C13H16N2OS/c1-3-15-12(17)14-10-8-13(15,2)16-11-7-5-4-6-9(10)11/h4-7,10H,3,8H2,1-2H3,(H,14,17). The average molecular weight is 248 g/mol. The van der Waals surface area contributed by atoms with Crippen LogP contribution in [0.4, 0.5) is 0 Å². The van der Waals surface area contributed by atoms with Gasteiger partial charge in [-0.05, 0) is 32.1 Å². The molecule has 1 fully saturated rings. The van der Waals surface area contributed by atoms with E-state index in [1.54, 1.807) is 0 Å². The zero-order chi connectivity index (χ0) is 12.0. The lowest BCUT2D eigenvalue weighted by atomic mass is 9.91. The Morgan fingerprint density at radius 2 is 2.29 bits per heavy atom. The van der Waals surface area contributed by atoms with E-state index in [0.717, 1.165) is 23.8 Å². The molecule has 3 nitrogen and oxygen atoms in total. The van der Waals surface area contributed by atoms with Crippen LogP contribution >= 0.6 is 12.2 Å². The maximum absolute atomic E-state index is 6.16. The number of fused-ring (bicyclic) bond motifs is 4. The highest BCUT2D eigenvalue weighted by atomic mass is 32.1. The molecule has 4 heteroatoms. The van der Waals surface area contributed by atoms with Gasteiger partial charge in [-0.1, -0.05) is 18.2 Å². The summed E-state index contributed by atoms with van der Waals surface area (Å²) >= 11 is 5.42. The van der Waals surface area contributed by atoms with Crippen LogP contribution in [0.3, 0.4) is 0 Å². The molecule has 0 radical (unpaired) electrons. The lowest BCUT2D eigenvalue weighted by Crippen LogP contribution is -2.64. The van der Waals surface area contributed by atoms with E-state index in [2.05, 4.69) is 30.1 Å². The number of benzene rings is 1. The Morgan fingerprint density at radius 1 is 1.53 bits per heavy atom. The zero-order valence-corrected chi connectivity index (χ0v) is 10.9. The van der Waals surface area contributed by atoms with Crippen molar-refractivity contribution in [2.45, 2.75) is 32.0 Å². The Morgan fingerprint density at radius 3 is 3.06 bits per heavy atom. The van der Waals surface area contributed by atoms with Crippen molar-refractivity contribution in [3.63, 3.8) is 0 Å². The normalized spacial score (nSPS) is 30.4. The zero-order valence-electron chi connectivity index (χ0n) is 10.1. The molecule has 2 aliphatic heterocycles. The molecule has 1 aromatic rings. The summed E-state index contributed by atoms with van der Waals surface area (Å²) in [6, 6.07) is 8.47. The predicted octanol–water partition coefficient (Wildman–Crippen LogP) is 2.44. The lowest BCUT2D eigenvalue weighted by Gasteiger charge is -2.52. The van der Waals surface area contributed by atoms with Gasteiger partial charge < -0.3 is 15.0 Å². The molecule has 0 aromatic heterocycles. The van der Waals surface area contributed by atoms with Crippen molar-refractivity contribution in [2.24, 2.45) is 0 Å². The molecule has 3 rings (SSSR count). The summed E-state index contributed by atoms with van der Waals surface area (Å²) in [4.78, 5) is 2.12. The van der Waals surface area contributed by atoms with E-state index in [0.29, 0.717) is 0 Å². The number of nitrogens with one attached hydrogen (secondary N) is 1. The molecule has 0 amide bonds. The van der Waals surface area contributed by atoms with Crippen molar-refractivity contribution in [3.05, 3.63) is 29.8 Å². The number of hydrogen-bond acceptors (Lipinski definition) is 2. The monoisotopic (exact) mass is 248 g/mol. The molecule has 1 N–H and O–H groups in total. The van der Waals surface area contributed by atoms with Gasteiger partial charge in [0.25, 0.3) is 0 Å². The van der Waals surface area contributed by atoms with Crippen molar-refractivity contribution in [1.29, 1.82) is 0 Å². The molecule has 2 aliphatic rings. The highest BCUT2D eigenvalue weighted by molar-refractivity contribution is 7.80. The van der Waals surface area contributed by atoms with Crippen LogP contribution in [0.25, 0.3) is 0 Å². The van der Waals surface area contributed by atoms with Crippen LogP contribution in [0.2, 0.25) is 0 Å². The Bertz CT molecular complexity index is 476. The first-order valence-electron chi connectivity index (χ1n) is 6.00. The smallest absolute Gasteiger partial charge is 0.184 e. The number of hydrogen-bond donors (Lipinski definition) is 1. The van der Waals surface area contributed by atoms with E-state index in [-0.39, 0.29) is 11.8 Å². The van der Waals surface area contributed by atoms with Gasteiger partial charge in [0.05, 0.1) is 6.04 Å². The van der Waals surface area contributed by atoms with E-state index in [1.807, 2.05) is 18.2 Å². The minimum absolute atomic E-state index is 0.278. The van der Waals surface area contributed by atoms with Gasteiger partial charge in [-0.15, -0.1) is 0 Å². The van der Waals surface area contributed by atoms with Crippen LogP contribution < -0.4 is 10.1 Å². The molecule has 1 aromatic carbocycles. The van der Waals surface area contributed by atoms with Crippen molar-refractivity contribution in [3.8, 4) is 5.75 Å².